The molecule has 0 saturated carbocycles. The van der Waals surface area contributed by atoms with Gasteiger partial charge in [-0.25, -0.2) is 4.79 Å². The normalized spacial score (nSPS) is 21.4. The van der Waals surface area contributed by atoms with E-state index in [0.717, 1.165) is 19.3 Å². The molecule has 1 saturated heterocycles. The van der Waals surface area contributed by atoms with Crippen LogP contribution in [0.15, 0.2) is 0 Å². The van der Waals surface area contributed by atoms with Crippen molar-refractivity contribution in [3.63, 3.8) is 0 Å². The van der Waals surface area contributed by atoms with Crippen LogP contribution in [0.5, 0.6) is 0 Å². The Hall–Kier alpha value is -0.680. The molecular weight excluding hydrogens is 384 g/mol. The van der Waals surface area contributed by atoms with Crippen LogP contribution in [0.3, 0.4) is 0 Å². The van der Waals surface area contributed by atoms with Gasteiger partial charge < -0.3 is 10.0 Å². The number of carboxylic acids is 1. The molecule has 1 aromatic rings. The SMILES string of the molecule is C[C@@H]1CCC[C@H](C)N1C(=O)c1c(Cl)c(Cl)c(Cl)c(Cl)c1C(=O)O. The van der Waals surface area contributed by atoms with Crippen LogP contribution in [0.25, 0.3) is 0 Å². The number of halogens is 4. The van der Waals surface area contributed by atoms with Crippen molar-refractivity contribution in [3.8, 4) is 0 Å². The highest BCUT2D eigenvalue weighted by Crippen LogP contribution is 2.42. The van der Waals surface area contributed by atoms with E-state index in [0.29, 0.717) is 0 Å². The van der Waals surface area contributed by atoms with E-state index in [1.54, 1.807) is 4.90 Å². The first-order chi connectivity index (χ1) is 10.7. The summed E-state index contributed by atoms with van der Waals surface area (Å²) in [7, 11) is 0. The van der Waals surface area contributed by atoms with Crippen molar-refractivity contribution < 1.29 is 14.7 Å². The largest absolute Gasteiger partial charge is 0.478 e. The van der Waals surface area contributed by atoms with Crippen molar-refractivity contribution in [3.05, 3.63) is 31.2 Å². The lowest BCUT2D eigenvalue weighted by atomic mass is 9.95. The van der Waals surface area contributed by atoms with Crippen molar-refractivity contribution in [2.75, 3.05) is 0 Å². The molecule has 0 bridgehead atoms. The minimum atomic E-state index is -1.38. The van der Waals surface area contributed by atoms with Gasteiger partial charge in [0.05, 0.1) is 31.2 Å². The van der Waals surface area contributed by atoms with Crippen molar-refractivity contribution in [1.29, 1.82) is 0 Å². The summed E-state index contributed by atoms with van der Waals surface area (Å²) in [6, 6.07) is -0.0608. The number of hydrogen-bond acceptors (Lipinski definition) is 2. The third-order valence-electron chi connectivity index (χ3n) is 4.12. The molecule has 1 aliphatic heterocycles. The van der Waals surface area contributed by atoms with E-state index >= 15 is 0 Å². The van der Waals surface area contributed by atoms with Gasteiger partial charge in [0, 0.05) is 12.1 Å². The average Bonchev–Trinajstić information content (AvgIpc) is 2.47. The number of amides is 1. The fourth-order valence-corrected chi connectivity index (χ4v) is 4.00. The third kappa shape index (κ3) is 3.27. The number of rotatable bonds is 2. The highest BCUT2D eigenvalue weighted by molar-refractivity contribution is 6.54. The smallest absolute Gasteiger partial charge is 0.338 e. The van der Waals surface area contributed by atoms with Gasteiger partial charge in [0.15, 0.2) is 0 Å². The molecule has 8 heteroatoms. The first kappa shape index (κ1) is 18.7. The van der Waals surface area contributed by atoms with Crippen LogP contribution < -0.4 is 0 Å². The maximum atomic E-state index is 13.0. The molecule has 1 aliphatic rings. The predicted octanol–water partition coefficient (Wildman–Crippen LogP) is 5.40. The Kier molecular flexibility index (Phi) is 5.72. The van der Waals surface area contributed by atoms with E-state index < -0.39 is 17.4 Å². The van der Waals surface area contributed by atoms with Gasteiger partial charge in [-0.1, -0.05) is 46.4 Å². The van der Waals surface area contributed by atoms with Crippen LogP contribution in [0.1, 0.15) is 53.8 Å². The summed E-state index contributed by atoms with van der Waals surface area (Å²) in [5.41, 5.74) is -0.625. The van der Waals surface area contributed by atoms with Crippen LogP contribution in [0.2, 0.25) is 20.1 Å². The Bertz CT molecular complexity index is 667. The fraction of sp³-hybridized carbons (Fsp3) is 0.467. The maximum absolute atomic E-state index is 13.0. The number of likely N-dealkylation sites (tertiary alicyclic amines) is 1. The lowest BCUT2D eigenvalue weighted by Gasteiger charge is -2.39. The van der Waals surface area contributed by atoms with Crippen molar-refractivity contribution in [1.82, 2.24) is 4.90 Å². The van der Waals surface area contributed by atoms with Crippen LogP contribution >= 0.6 is 46.4 Å². The van der Waals surface area contributed by atoms with E-state index in [1.165, 1.54) is 0 Å². The number of piperidine rings is 1. The molecular formula is C15H15Cl4NO3. The van der Waals surface area contributed by atoms with Crippen molar-refractivity contribution >= 4 is 58.3 Å². The number of hydrogen-bond donors (Lipinski definition) is 1. The molecule has 126 valence electrons. The molecule has 23 heavy (non-hydrogen) atoms. The standard InChI is InChI=1S/C15H15Cl4NO3/c1-6-4-3-5-7(2)20(6)14(21)8-9(15(22)23)11(17)13(19)12(18)10(8)16/h6-7H,3-5H2,1-2H3,(H,22,23)/t6-,7+. The highest BCUT2D eigenvalue weighted by Gasteiger charge is 2.36. The monoisotopic (exact) mass is 397 g/mol. The quantitative estimate of drug-likeness (QED) is 0.535. The maximum Gasteiger partial charge on any atom is 0.338 e. The van der Waals surface area contributed by atoms with Crippen LogP contribution in [-0.2, 0) is 0 Å². The lowest BCUT2D eigenvalue weighted by molar-refractivity contribution is 0.0501. The molecule has 0 aromatic heterocycles. The topological polar surface area (TPSA) is 57.6 Å². The summed E-state index contributed by atoms with van der Waals surface area (Å²) in [5.74, 6) is -1.87. The molecule has 4 nitrogen and oxygen atoms in total. The molecule has 1 amide bonds. The van der Waals surface area contributed by atoms with Gasteiger partial charge in [-0.15, -0.1) is 0 Å². The Morgan fingerprint density at radius 1 is 0.913 bits per heavy atom. The summed E-state index contributed by atoms with van der Waals surface area (Å²) >= 11 is 24.1. The number of carboxylic acid groups (broad SMARTS) is 1. The number of carbonyl (C=O) groups excluding carboxylic acids is 1. The van der Waals surface area contributed by atoms with E-state index in [-0.39, 0.29) is 37.7 Å². The summed E-state index contributed by atoms with van der Waals surface area (Å²) in [4.78, 5) is 26.2. The summed E-state index contributed by atoms with van der Waals surface area (Å²) in [6.45, 7) is 3.84. The molecule has 1 heterocycles. The summed E-state index contributed by atoms with van der Waals surface area (Å²) < 4.78 is 0. The molecule has 1 fully saturated rings. The Balaban J connectivity index is 2.66. The predicted molar refractivity (Wildman–Crippen MR) is 92.4 cm³/mol. The van der Waals surface area contributed by atoms with Gasteiger partial charge in [-0.05, 0) is 33.1 Å². The van der Waals surface area contributed by atoms with E-state index in [2.05, 4.69) is 0 Å². The zero-order valence-electron chi connectivity index (χ0n) is 12.5. The molecule has 1 aromatic carbocycles. The Morgan fingerprint density at radius 3 is 1.78 bits per heavy atom. The zero-order chi connectivity index (χ0) is 17.5. The second-order valence-electron chi connectivity index (χ2n) is 5.65. The van der Waals surface area contributed by atoms with Gasteiger partial charge in [-0.3, -0.25) is 4.79 Å². The minimum absolute atomic E-state index is 0.0304. The van der Waals surface area contributed by atoms with Gasteiger partial charge in [0.1, 0.15) is 0 Å². The summed E-state index contributed by atoms with van der Waals surface area (Å²) in [6.07, 6.45) is 2.68. The van der Waals surface area contributed by atoms with Gasteiger partial charge in [-0.2, -0.15) is 0 Å². The first-order valence-corrected chi connectivity index (χ1v) is 8.61. The summed E-state index contributed by atoms with van der Waals surface area (Å²) in [5, 5.41) is 8.68. The van der Waals surface area contributed by atoms with Crippen molar-refractivity contribution in [2.45, 2.75) is 45.2 Å². The zero-order valence-corrected chi connectivity index (χ0v) is 15.5. The van der Waals surface area contributed by atoms with E-state index in [9.17, 15) is 14.7 Å². The molecule has 0 radical (unpaired) electrons. The molecule has 0 spiro atoms. The second kappa shape index (κ2) is 7.06. The molecule has 2 rings (SSSR count). The number of benzene rings is 1. The van der Waals surface area contributed by atoms with Gasteiger partial charge in [0.25, 0.3) is 5.91 Å². The van der Waals surface area contributed by atoms with Gasteiger partial charge >= 0.3 is 5.97 Å². The highest BCUT2D eigenvalue weighted by atomic mass is 35.5. The number of aromatic carboxylic acids is 1. The molecule has 0 aliphatic carbocycles. The molecule has 2 atom stereocenters. The minimum Gasteiger partial charge on any atom is -0.478 e. The lowest BCUT2D eigenvalue weighted by Crippen LogP contribution is -2.48. The third-order valence-corrected chi connectivity index (χ3v) is 5.92. The van der Waals surface area contributed by atoms with Crippen LogP contribution in [0.4, 0.5) is 0 Å². The Morgan fingerprint density at radius 2 is 1.35 bits per heavy atom. The van der Waals surface area contributed by atoms with Gasteiger partial charge in [0.2, 0.25) is 0 Å². The second-order valence-corrected chi connectivity index (χ2v) is 7.16. The first-order valence-electron chi connectivity index (χ1n) is 7.10. The van der Waals surface area contributed by atoms with E-state index in [1.807, 2.05) is 13.8 Å². The average molecular weight is 399 g/mol. The molecule has 1 N–H and O–H groups in total. The van der Waals surface area contributed by atoms with E-state index in [4.69, 9.17) is 46.4 Å². The van der Waals surface area contributed by atoms with Crippen LogP contribution in [0, 0.1) is 0 Å². The molecule has 0 unspecified atom stereocenters. The van der Waals surface area contributed by atoms with Crippen molar-refractivity contribution in [2.24, 2.45) is 0 Å². The Labute approximate surface area is 154 Å². The van der Waals surface area contributed by atoms with Crippen LogP contribution in [-0.4, -0.2) is 34.0 Å². The number of carbonyl (C=O) groups is 2. The fourth-order valence-electron chi connectivity index (χ4n) is 2.98. The number of nitrogens with zero attached hydrogens (tertiary/aromatic N) is 1.